The molecule has 12 heteroatoms. The summed E-state index contributed by atoms with van der Waals surface area (Å²) in [6.07, 6.45) is 14.4. The van der Waals surface area contributed by atoms with Gasteiger partial charge < -0.3 is 59.9 Å². The molecule has 26 heavy (non-hydrogen) atoms. The summed E-state index contributed by atoms with van der Waals surface area (Å²) in [5, 5.41) is 8.46. The lowest BCUT2D eigenvalue weighted by Crippen LogP contribution is -1.93. The Morgan fingerprint density at radius 1 is 0.500 bits per heavy atom. The van der Waals surface area contributed by atoms with Gasteiger partial charge >= 0.3 is 5.97 Å². The zero-order valence-corrected chi connectivity index (χ0v) is 15.8. The van der Waals surface area contributed by atoms with Crippen LogP contribution in [0.15, 0.2) is 0 Å². The summed E-state index contributed by atoms with van der Waals surface area (Å²) >= 11 is 0. The van der Waals surface area contributed by atoms with Gasteiger partial charge in [0.25, 0.3) is 0 Å². The van der Waals surface area contributed by atoms with Crippen LogP contribution in [0.1, 0.15) is 84.0 Å². The number of hydrogen-bond acceptors (Lipinski definition) is 1. The molecule has 0 unspecified atom stereocenters. The molecule has 0 atom stereocenters. The first kappa shape index (κ1) is 73.4. The van der Waals surface area contributed by atoms with Crippen molar-refractivity contribution in [1.29, 1.82) is 0 Å². The minimum Gasteiger partial charge on any atom is -0.481 e. The number of unbranched alkanes of at least 4 members (excludes halogenated alkanes) is 10. The third-order valence-electron chi connectivity index (χ3n) is 2.99. The van der Waals surface area contributed by atoms with Gasteiger partial charge in [-0.1, -0.05) is 71.1 Å². The van der Waals surface area contributed by atoms with Gasteiger partial charge in [-0.3, -0.25) is 4.79 Å². The predicted octanol–water partition coefficient (Wildman–Crippen LogP) is -3.47. The smallest absolute Gasteiger partial charge is 0.303 e. The monoisotopic (exact) mass is 408 g/mol. The summed E-state index contributed by atoms with van der Waals surface area (Å²) in [7, 11) is 0. The summed E-state index contributed by atoms with van der Waals surface area (Å²) in [5.74, 6) is -0.657. The molecule has 0 aromatic rings. The van der Waals surface area contributed by atoms with E-state index in [1.165, 1.54) is 57.8 Å². The number of hydrogen-bond donors (Lipinski definition) is 1. The van der Waals surface area contributed by atoms with Crippen LogP contribution in [0.5, 0.6) is 0 Å². The molecule has 0 aliphatic rings. The lowest BCUT2D eigenvalue weighted by molar-refractivity contribution is -0.137. The Hall–Kier alpha value is -0.930. The quantitative estimate of drug-likeness (QED) is 0.321. The second kappa shape index (κ2) is 64.7. The van der Waals surface area contributed by atoms with E-state index < -0.39 is 5.97 Å². The molecule has 21 N–H and O–H groups in total. The van der Waals surface area contributed by atoms with Crippen molar-refractivity contribution in [1.82, 2.24) is 0 Å². The SMILES string of the molecule is CCCCCCCCCCCCCC(=O)O.O.O.O.O.O.O.O.O.O.O. The zero-order valence-electron chi connectivity index (χ0n) is 15.8. The average molecular weight is 409 g/mol. The summed E-state index contributed by atoms with van der Waals surface area (Å²) in [4.78, 5) is 10.3. The molecule has 0 aromatic heterocycles. The lowest BCUT2D eigenvalue weighted by atomic mass is 10.1. The molecule has 0 rings (SSSR count). The Labute approximate surface area is 155 Å². The Kier molecular flexibility index (Phi) is 183. The molecule has 0 aliphatic heterocycles. The summed E-state index contributed by atoms with van der Waals surface area (Å²) in [6, 6.07) is 0. The van der Waals surface area contributed by atoms with Gasteiger partial charge in [-0.2, -0.15) is 0 Å². The van der Waals surface area contributed by atoms with E-state index in [1.54, 1.807) is 0 Å². The Bertz CT molecular complexity index is 172. The highest BCUT2D eigenvalue weighted by Crippen LogP contribution is 2.11. The van der Waals surface area contributed by atoms with E-state index in [1.807, 2.05) is 0 Å². The molecule has 176 valence electrons. The Balaban J connectivity index is -0.0000000250. The van der Waals surface area contributed by atoms with Crippen LogP contribution in [0.2, 0.25) is 0 Å². The van der Waals surface area contributed by atoms with Crippen LogP contribution >= 0.6 is 0 Å². The van der Waals surface area contributed by atoms with E-state index >= 15 is 0 Å². The topological polar surface area (TPSA) is 352 Å². The largest absolute Gasteiger partial charge is 0.481 e. The van der Waals surface area contributed by atoms with Gasteiger partial charge in [0.05, 0.1) is 0 Å². The number of rotatable bonds is 12. The van der Waals surface area contributed by atoms with Crippen molar-refractivity contribution in [3.63, 3.8) is 0 Å². The maximum atomic E-state index is 10.3. The van der Waals surface area contributed by atoms with Crippen molar-refractivity contribution in [2.45, 2.75) is 84.0 Å². The Morgan fingerprint density at radius 2 is 0.731 bits per heavy atom. The minimum atomic E-state index is -0.657. The van der Waals surface area contributed by atoms with Crippen molar-refractivity contribution < 1.29 is 64.7 Å². The maximum absolute atomic E-state index is 10.3. The molecule has 0 spiro atoms. The van der Waals surface area contributed by atoms with Crippen LogP contribution < -0.4 is 0 Å². The van der Waals surface area contributed by atoms with Crippen molar-refractivity contribution in [2.24, 2.45) is 0 Å². The fourth-order valence-corrected chi connectivity index (χ4v) is 1.94. The summed E-state index contributed by atoms with van der Waals surface area (Å²) < 4.78 is 0. The Morgan fingerprint density at radius 3 is 0.962 bits per heavy atom. The first-order valence-corrected chi connectivity index (χ1v) is 6.99. The van der Waals surface area contributed by atoms with Crippen molar-refractivity contribution in [2.75, 3.05) is 0 Å². The molecule has 0 radical (unpaired) electrons. The zero-order chi connectivity index (χ0) is 12.1. The van der Waals surface area contributed by atoms with Gasteiger partial charge in [0, 0.05) is 6.42 Å². The molecular formula is C14H48O12. The number of carboxylic acid groups (broad SMARTS) is 1. The highest BCUT2D eigenvalue weighted by atomic mass is 16.4. The van der Waals surface area contributed by atoms with Gasteiger partial charge in [0.1, 0.15) is 0 Å². The first-order valence-electron chi connectivity index (χ1n) is 6.99. The standard InChI is InChI=1S/C14H28O2.10H2O/c1-2-3-4-5-6-7-8-9-10-11-12-13-14(15)16;;;;;;;;;;/h2-13H2,1H3,(H,15,16);10*1H2. The maximum Gasteiger partial charge on any atom is 0.303 e. The highest BCUT2D eigenvalue weighted by molar-refractivity contribution is 5.66. The highest BCUT2D eigenvalue weighted by Gasteiger charge is 1.96. The second-order valence-corrected chi connectivity index (χ2v) is 4.68. The van der Waals surface area contributed by atoms with E-state index in [4.69, 9.17) is 5.11 Å². The normalized spacial score (nSPS) is 6.50. The van der Waals surface area contributed by atoms with E-state index in [9.17, 15) is 4.79 Å². The number of aliphatic carboxylic acids is 1. The lowest BCUT2D eigenvalue weighted by Gasteiger charge is -2.01. The number of carboxylic acids is 1. The van der Waals surface area contributed by atoms with Gasteiger partial charge in [-0.25, -0.2) is 0 Å². The third kappa shape index (κ3) is 77.1. The van der Waals surface area contributed by atoms with Gasteiger partial charge in [0.2, 0.25) is 0 Å². The molecule has 0 fully saturated rings. The molecule has 0 saturated heterocycles. The van der Waals surface area contributed by atoms with Gasteiger partial charge in [0.15, 0.2) is 0 Å². The molecule has 0 heterocycles. The van der Waals surface area contributed by atoms with Crippen LogP contribution in [0, 0.1) is 0 Å². The van der Waals surface area contributed by atoms with E-state index in [2.05, 4.69) is 6.92 Å². The third-order valence-corrected chi connectivity index (χ3v) is 2.99. The van der Waals surface area contributed by atoms with E-state index in [0.717, 1.165) is 12.8 Å². The predicted molar refractivity (Wildman–Crippen MR) is 105 cm³/mol. The molecule has 0 amide bonds. The van der Waals surface area contributed by atoms with Crippen LogP contribution in [0.3, 0.4) is 0 Å². The molecule has 0 bridgehead atoms. The van der Waals surface area contributed by atoms with Gasteiger partial charge in [-0.05, 0) is 6.42 Å². The number of carbonyl (C=O) groups is 1. The van der Waals surface area contributed by atoms with Crippen LogP contribution in [0.25, 0.3) is 0 Å². The second-order valence-electron chi connectivity index (χ2n) is 4.68. The van der Waals surface area contributed by atoms with Gasteiger partial charge in [-0.15, -0.1) is 0 Å². The minimum absolute atomic E-state index is 0. The van der Waals surface area contributed by atoms with Crippen molar-refractivity contribution in [3.8, 4) is 0 Å². The van der Waals surface area contributed by atoms with Crippen molar-refractivity contribution >= 4 is 5.97 Å². The molecule has 0 aliphatic carbocycles. The fourth-order valence-electron chi connectivity index (χ4n) is 1.94. The summed E-state index contributed by atoms with van der Waals surface area (Å²) in [6.45, 7) is 2.25. The molecule has 0 aromatic carbocycles. The van der Waals surface area contributed by atoms with Crippen LogP contribution in [0.4, 0.5) is 0 Å². The average Bonchev–Trinajstić information content (AvgIpc) is 2.25. The van der Waals surface area contributed by atoms with Crippen molar-refractivity contribution in [3.05, 3.63) is 0 Å². The summed E-state index contributed by atoms with van der Waals surface area (Å²) in [5.41, 5.74) is 0. The van der Waals surface area contributed by atoms with E-state index in [0.29, 0.717) is 6.42 Å². The molecular weight excluding hydrogens is 360 g/mol. The van der Waals surface area contributed by atoms with E-state index in [-0.39, 0.29) is 54.8 Å². The fraction of sp³-hybridized carbons (Fsp3) is 0.929. The molecule has 12 nitrogen and oxygen atoms in total. The van der Waals surface area contributed by atoms with Crippen LogP contribution in [-0.2, 0) is 4.79 Å². The first-order chi connectivity index (χ1) is 7.77. The van der Waals surface area contributed by atoms with Crippen LogP contribution in [-0.4, -0.2) is 65.8 Å². The molecule has 0 saturated carbocycles.